The molecule has 5 nitrogen and oxygen atoms in total. The van der Waals surface area contributed by atoms with Gasteiger partial charge in [-0.1, -0.05) is 6.07 Å². The van der Waals surface area contributed by atoms with Crippen LogP contribution in [-0.4, -0.2) is 59.1 Å². The first-order valence-electron chi connectivity index (χ1n) is 7.90. The third-order valence-corrected chi connectivity index (χ3v) is 4.75. The Bertz CT molecular complexity index is 588. The number of aliphatic hydroxyl groups excluding tert-OH is 1. The molecule has 0 aromatic heterocycles. The van der Waals surface area contributed by atoms with Crippen molar-refractivity contribution in [3.05, 3.63) is 35.4 Å². The van der Waals surface area contributed by atoms with Crippen molar-refractivity contribution >= 4 is 5.91 Å². The van der Waals surface area contributed by atoms with Crippen LogP contribution in [0.2, 0.25) is 0 Å². The molecule has 1 saturated carbocycles. The minimum Gasteiger partial charge on any atom is -0.391 e. The molecule has 0 radical (unpaired) electrons. The first-order chi connectivity index (χ1) is 10.7. The molecule has 0 unspecified atom stereocenters. The zero-order valence-corrected chi connectivity index (χ0v) is 12.6. The van der Waals surface area contributed by atoms with E-state index in [2.05, 4.69) is 11.0 Å². The summed E-state index contributed by atoms with van der Waals surface area (Å²) in [4.78, 5) is 16.7. The van der Waals surface area contributed by atoms with Crippen LogP contribution < -0.4 is 0 Å². The molecule has 1 N–H and O–H groups in total. The van der Waals surface area contributed by atoms with Gasteiger partial charge in [-0.3, -0.25) is 9.69 Å². The number of amides is 1. The van der Waals surface area contributed by atoms with E-state index < -0.39 is 0 Å². The second-order valence-corrected chi connectivity index (χ2v) is 6.09. The lowest BCUT2D eigenvalue weighted by Gasteiger charge is -2.39. The van der Waals surface area contributed by atoms with Gasteiger partial charge in [0.05, 0.1) is 17.7 Å². The molecule has 1 saturated heterocycles. The van der Waals surface area contributed by atoms with E-state index in [1.165, 1.54) is 0 Å². The van der Waals surface area contributed by atoms with Gasteiger partial charge in [-0.25, -0.2) is 0 Å². The number of piperazine rings is 1. The Balaban J connectivity index is 1.61. The summed E-state index contributed by atoms with van der Waals surface area (Å²) in [6.45, 7) is 2.98. The van der Waals surface area contributed by atoms with Crippen molar-refractivity contribution in [1.82, 2.24) is 9.80 Å². The lowest BCUT2D eigenvalue weighted by atomic mass is 10.1. The molecule has 2 aliphatic rings. The molecule has 1 aromatic carbocycles. The van der Waals surface area contributed by atoms with Crippen LogP contribution in [0.25, 0.3) is 0 Å². The van der Waals surface area contributed by atoms with Gasteiger partial charge in [0.2, 0.25) is 0 Å². The molecule has 22 heavy (non-hydrogen) atoms. The molecular weight excluding hydrogens is 278 g/mol. The number of carbonyl (C=O) groups is 1. The van der Waals surface area contributed by atoms with Crippen LogP contribution in [0.15, 0.2) is 24.3 Å². The first kappa shape index (κ1) is 15.0. The topological polar surface area (TPSA) is 67.6 Å². The number of benzene rings is 1. The number of nitrogens with zero attached hydrogens (tertiary/aromatic N) is 3. The quantitative estimate of drug-likeness (QED) is 0.892. The molecule has 0 bridgehead atoms. The molecule has 0 spiro atoms. The van der Waals surface area contributed by atoms with E-state index in [0.717, 1.165) is 32.4 Å². The summed E-state index contributed by atoms with van der Waals surface area (Å²) in [5.41, 5.74) is 1.09. The third kappa shape index (κ3) is 2.99. The van der Waals surface area contributed by atoms with Crippen molar-refractivity contribution in [2.75, 3.05) is 26.2 Å². The summed E-state index contributed by atoms with van der Waals surface area (Å²) in [6, 6.07) is 9.19. The number of aliphatic hydroxyl groups is 1. The van der Waals surface area contributed by atoms with Crippen molar-refractivity contribution in [3.63, 3.8) is 0 Å². The highest BCUT2D eigenvalue weighted by atomic mass is 16.3. The number of nitriles is 1. The summed E-state index contributed by atoms with van der Waals surface area (Å²) in [5, 5.41) is 18.9. The maximum Gasteiger partial charge on any atom is 0.253 e. The second kappa shape index (κ2) is 6.47. The van der Waals surface area contributed by atoms with E-state index in [0.29, 0.717) is 24.2 Å². The van der Waals surface area contributed by atoms with Crippen LogP contribution >= 0.6 is 0 Å². The lowest BCUT2D eigenvalue weighted by molar-refractivity contribution is 0.0315. The first-order valence-corrected chi connectivity index (χ1v) is 7.90. The second-order valence-electron chi connectivity index (χ2n) is 6.09. The maximum absolute atomic E-state index is 12.5. The van der Waals surface area contributed by atoms with E-state index in [9.17, 15) is 9.90 Å². The molecule has 1 amide bonds. The molecule has 2 fully saturated rings. The smallest absolute Gasteiger partial charge is 0.253 e. The van der Waals surface area contributed by atoms with Gasteiger partial charge in [0, 0.05) is 37.8 Å². The monoisotopic (exact) mass is 299 g/mol. The van der Waals surface area contributed by atoms with E-state index >= 15 is 0 Å². The fourth-order valence-corrected chi connectivity index (χ4v) is 3.51. The lowest BCUT2D eigenvalue weighted by Crippen LogP contribution is -2.53. The Labute approximate surface area is 130 Å². The summed E-state index contributed by atoms with van der Waals surface area (Å²) in [7, 11) is 0. The Morgan fingerprint density at radius 3 is 2.64 bits per heavy atom. The zero-order valence-electron chi connectivity index (χ0n) is 12.6. The molecule has 1 aliphatic carbocycles. The van der Waals surface area contributed by atoms with E-state index in [1.807, 2.05) is 4.90 Å². The van der Waals surface area contributed by atoms with Crippen molar-refractivity contribution in [2.45, 2.75) is 31.4 Å². The minimum absolute atomic E-state index is 0.0104. The average Bonchev–Trinajstić information content (AvgIpc) is 3.00. The summed E-state index contributed by atoms with van der Waals surface area (Å²) < 4.78 is 0. The van der Waals surface area contributed by atoms with Gasteiger partial charge in [-0.05, 0) is 37.5 Å². The number of rotatable bonds is 2. The number of hydrogen-bond donors (Lipinski definition) is 1. The van der Waals surface area contributed by atoms with Gasteiger partial charge >= 0.3 is 0 Å². The molecule has 1 aromatic rings. The van der Waals surface area contributed by atoms with Crippen molar-refractivity contribution in [1.29, 1.82) is 5.26 Å². The van der Waals surface area contributed by atoms with Crippen LogP contribution in [0.5, 0.6) is 0 Å². The predicted octanol–water partition coefficient (Wildman–Crippen LogP) is 1.23. The zero-order chi connectivity index (χ0) is 15.5. The van der Waals surface area contributed by atoms with Gasteiger partial charge in [0.1, 0.15) is 0 Å². The highest BCUT2D eigenvalue weighted by Gasteiger charge is 2.33. The minimum atomic E-state index is -0.213. The fourth-order valence-electron chi connectivity index (χ4n) is 3.51. The molecule has 1 heterocycles. The average molecular weight is 299 g/mol. The predicted molar refractivity (Wildman–Crippen MR) is 82.3 cm³/mol. The van der Waals surface area contributed by atoms with E-state index in [-0.39, 0.29) is 18.1 Å². The van der Waals surface area contributed by atoms with Crippen LogP contribution in [0.3, 0.4) is 0 Å². The highest BCUT2D eigenvalue weighted by molar-refractivity contribution is 5.94. The molecule has 3 rings (SSSR count). The maximum atomic E-state index is 12.5. The Morgan fingerprint density at radius 2 is 2.00 bits per heavy atom. The normalized spacial score (nSPS) is 25.9. The van der Waals surface area contributed by atoms with Crippen LogP contribution in [0.4, 0.5) is 0 Å². The standard InChI is InChI=1S/C17H21N3O2/c18-12-13-3-1-4-14(11-13)17(22)20-9-7-19(8-10-20)15-5-2-6-16(15)21/h1,3-4,11,15-16,21H,2,5-10H2/t15-,16+/m0/s1. The summed E-state index contributed by atoms with van der Waals surface area (Å²) in [6.07, 6.45) is 2.82. The molecular formula is C17H21N3O2. The largest absolute Gasteiger partial charge is 0.391 e. The van der Waals surface area contributed by atoms with Gasteiger partial charge in [0.25, 0.3) is 5.91 Å². The van der Waals surface area contributed by atoms with Gasteiger partial charge in [-0.15, -0.1) is 0 Å². The number of carbonyl (C=O) groups excluding carboxylic acids is 1. The van der Waals surface area contributed by atoms with Crippen LogP contribution in [0.1, 0.15) is 35.2 Å². The Kier molecular flexibility index (Phi) is 4.41. The molecule has 116 valence electrons. The fraction of sp³-hybridized carbons (Fsp3) is 0.529. The highest BCUT2D eigenvalue weighted by Crippen LogP contribution is 2.25. The molecule has 1 aliphatic heterocycles. The van der Waals surface area contributed by atoms with Crippen molar-refractivity contribution in [2.24, 2.45) is 0 Å². The third-order valence-electron chi connectivity index (χ3n) is 4.75. The SMILES string of the molecule is N#Cc1cccc(C(=O)N2CCN([C@H]3CCC[C@H]3O)CC2)c1. The van der Waals surface area contributed by atoms with Gasteiger partial charge < -0.3 is 10.0 Å². The van der Waals surface area contributed by atoms with Crippen molar-refractivity contribution < 1.29 is 9.90 Å². The number of hydrogen-bond acceptors (Lipinski definition) is 4. The van der Waals surface area contributed by atoms with E-state index in [4.69, 9.17) is 5.26 Å². The Hall–Kier alpha value is -1.90. The molecule has 2 atom stereocenters. The van der Waals surface area contributed by atoms with Crippen LogP contribution in [-0.2, 0) is 0 Å². The van der Waals surface area contributed by atoms with Crippen molar-refractivity contribution in [3.8, 4) is 6.07 Å². The van der Waals surface area contributed by atoms with Gasteiger partial charge in [0.15, 0.2) is 0 Å². The Morgan fingerprint density at radius 1 is 1.23 bits per heavy atom. The molecule has 5 heteroatoms. The van der Waals surface area contributed by atoms with Gasteiger partial charge in [-0.2, -0.15) is 5.26 Å². The summed E-state index contributed by atoms with van der Waals surface area (Å²) in [5.74, 6) is -0.0104. The van der Waals surface area contributed by atoms with Crippen LogP contribution in [0, 0.1) is 11.3 Å². The summed E-state index contributed by atoms with van der Waals surface area (Å²) >= 11 is 0. The van der Waals surface area contributed by atoms with E-state index in [1.54, 1.807) is 24.3 Å².